The van der Waals surface area contributed by atoms with Crippen molar-refractivity contribution >= 4 is 11.6 Å². The van der Waals surface area contributed by atoms with Gasteiger partial charge in [-0.3, -0.25) is 10.0 Å². The Labute approximate surface area is 138 Å². The number of carbonyl (C=O) groups excluding carboxylic acids is 1. The zero-order valence-corrected chi connectivity index (χ0v) is 12.7. The summed E-state index contributed by atoms with van der Waals surface area (Å²) in [6, 6.07) is 20.0. The summed E-state index contributed by atoms with van der Waals surface area (Å²) in [6.07, 6.45) is 1.59. The lowest BCUT2D eigenvalue weighted by molar-refractivity contribution is 0.0701. The van der Waals surface area contributed by atoms with Crippen molar-refractivity contribution in [3.8, 4) is 11.1 Å². The van der Waals surface area contributed by atoms with Crippen molar-refractivity contribution in [3.63, 3.8) is 0 Å². The molecule has 1 heterocycles. The van der Waals surface area contributed by atoms with Gasteiger partial charge in [-0.15, -0.1) is 0 Å². The van der Waals surface area contributed by atoms with Gasteiger partial charge in [0.2, 0.25) is 0 Å². The molecule has 2 aromatic carbocycles. The molecule has 5 heteroatoms. The second-order valence-corrected chi connectivity index (χ2v) is 5.62. The number of aromatic nitrogens is 1. The number of anilines is 1. The molecular formula is C19H15N3O2. The topological polar surface area (TPSA) is 74.2 Å². The van der Waals surface area contributed by atoms with Gasteiger partial charge in [-0.25, -0.2) is 10.5 Å². The third-order valence-corrected chi connectivity index (χ3v) is 4.24. The smallest absolute Gasteiger partial charge is 0.293 e. The number of nitrogens with one attached hydrogen (secondary N) is 2. The van der Waals surface area contributed by atoms with E-state index in [1.54, 1.807) is 23.8 Å². The summed E-state index contributed by atoms with van der Waals surface area (Å²) >= 11 is 0. The van der Waals surface area contributed by atoms with Crippen molar-refractivity contribution in [2.45, 2.75) is 6.04 Å². The van der Waals surface area contributed by atoms with Crippen LogP contribution in [0.2, 0.25) is 0 Å². The summed E-state index contributed by atoms with van der Waals surface area (Å²) in [4.78, 5) is 15.4. The molecule has 0 atom stereocenters. The first kappa shape index (κ1) is 14.4. The van der Waals surface area contributed by atoms with Gasteiger partial charge in [0.15, 0.2) is 0 Å². The highest BCUT2D eigenvalue weighted by Gasteiger charge is 2.27. The van der Waals surface area contributed by atoms with Crippen molar-refractivity contribution in [3.05, 3.63) is 83.7 Å². The number of hydrogen-bond acceptors (Lipinski definition) is 4. The normalized spacial score (nSPS) is 12.4. The van der Waals surface area contributed by atoms with Gasteiger partial charge in [0.05, 0.1) is 17.9 Å². The van der Waals surface area contributed by atoms with Crippen molar-refractivity contribution in [1.82, 2.24) is 10.5 Å². The van der Waals surface area contributed by atoms with Crippen LogP contribution in [0, 0.1) is 0 Å². The van der Waals surface area contributed by atoms with E-state index in [0.29, 0.717) is 0 Å². The molecule has 1 amide bonds. The van der Waals surface area contributed by atoms with Crippen molar-refractivity contribution in [1.29, 1.82) is 0 Å². The van der Waals surface area contributed by atoms with Crippen molar-refractivity contribution < 1.29 is 10.0 Å². The average Bonchev–Trinajstić information content (AvgIpc) is 2.96. The number of hydrogen-bond donors (Lipinski definition) is 3. The summed E-state index contributed by atoms with van der Waals surface area (Å²) in [6.45, 7) is 0. The number of benzene rings is 2. The highest BCUT2D eigenvalue weighted by atomic mass is 16.5. The van der Waals surface area contributed by atoms with Gasteiger partial charge < -0.3 is 5.32 Å². The Balaban J connectivity index is 1.68. The molecule has 4 rings (SSSR count). The van der Waals surface area contributed by atoms with Crippen LogP contribution in [-0.2, 0) is 0 Å². The van der Waals surface area contributed by atoms with Crippen LogP contribution in [0.5, 0.6) is 0 Å². The van der Waals surface area contributed by atoms with Crippen LogP contribution in [0.25, 0.3) is 11.1 Å². The van der Waals surface area contributed by atoms with Crippen LogP contribution in [0.4, 0.5) is 5.69 Å². The minimum absolute atomic E-state index is 0.0386. The maximum atomic E-state index is 11.4. The fourth-order valence-electron chi connectivity index (χ4n) is 3.15. The van der Waals surface area contributed by atoms with Gasteiger partial charge >= 0.3 is 0 Å². The van der Waals surface area contributed by atoms with Crippen LogP contribution >= 0.6 is 0 Å². The van der Waals surface area contributed by atoms with E-state index < -0.39 is 5.91 Å². The Bertz CT molecular complexity index is 861. The quantitative estimate of drug-likeness (QED) is 0.511. The molecule has 0 unspecified atom stereocenters. The van der Waals surface area contributed by atoms with E-state index >= 15 is 0 Å². The Kier molecular flexibility index (Phi) is 3.48. The van der Waals surface area contributed by atoms with Crippen LogP contribution in [0.3, 0.4) is 0 Å². The predicted octanol–water partition coefficient (Wildman–Crippen LogP) is 3.38. The molecule has 1 aliphatic rings. The van der Waals surface area contributed by atoms with Gasteiger partial charge in [0.25, 0.3) is 5.91 Å². The molecule has 0 saturated carbocycles. The molecule has 5 nitrogen and oxygen atoms in total. The number of hydroxylamine groups is 1. The Morgan fingerprint density at radius 1 is 0.917 bits per heavy atom. The number of carbonyl (C=O) groups is 1. The van der Waals surface area contributed by atoms with Crippen molar-refractivity contribution in [2.24, 2.45) is 0 Å². The van der Waals surface area contributed by atoms with E-state index in [4.69, 9.17) is 5.21 Å². The zero-order chi connectivity index (χ0) is 16.5. The van der Waals surface area contributed by atoms with E-state index in [2.05, 4.69) is 34.6 Å². The van der Waals surface area contributed by atoms with Crippen molar-refractivity contribution in [2.75, 3.05) is 5.32 Å². The molecule has 1 aliphatic carbocycles. The fourth-order valence-corrected chi connectivity index (χ4v) is 3.15. The number of amides is 1. The molecule has 0 radical (unpaired) electrons. The lowest BCUT2D eigenvalue weighted by Crippen LogP contribution is -2.20. The number of nitrogens with zero attached hydrogens (tertiary/aromatic N) is 1. The third-order valence-electron chi connectivity index (χ3n) is 4.24. The molecule has 0 spiro atoms. The van der Waals surface area contributed by atoms with Crippen LogP contribution in [0.1, 0.15) is 27.7 Å². The van der Waals surface area contributed by atoms with Gasteiger partial charge in [-0.1, -0.05) is 48.5 Å². The largest absolute Gasteiger partial charge is 0.373 e. The first-order valence-electron chi connectivity index (χ1n) is 7.63. The highest BCUT2D eigenvalue weighted by Crippen LogP contribution is 2.44. The summed E-state index contributed by atoms with van der Waals surface area (Å²) in [5.74, 6) is -0.627. The molecule has 3 N–H and O–H groups in total. The molecule has 0 aliphatic heterocycles. The van der Waals surface area contributed by atoms with Gasteiger partial charge in [0, 0.05) is 0 Å². The lowest BCUT2D eigenvalue weighted by atomic mass is 10.1. The molecule has 118 valence electrons. The van der Waals surface area contributed by atoms with E-state index in [1.165, 1.54) is 22.3 Å². The molecule has 0 saturated heterocycles. The first-order valence-corrected chi connectivity index (χ1v) is 7.63. The Morgan fingerprint density at radius 3 is 2.08 bits per heavy atom. The van der Waals surface area contributed by atoms with Crippen LogP contribution in [-0.4, -0.2) is 16.1 Å². The molecular weight excluding hydrogens is 302 g/mol. The summed E-state index contributed by atoms with van der Waals surface area (Å²) < 4.78 is 0. The van der Waals surface area contributed by atoms with E-state index in [-0.39, 0.29) is 11.7 Å². The van der Waals surface area contributed by atoms with Crippen LogP contribution in [0.15, 0.2) is 66.9 Å². The minimum atomic E-state index is -0.627. The van der Waals surface area contributed by atoms with Gasteiger partial charge in [0.1, 0.15) is 5.69 Å². The SMILES string of the molecule is O=C(NO)c1ccc(NC2c3ccccc3-c3ccccc32)cn1. The maximum Gasteiger partial charge on any atom is 0.293 e. The second-order valence-electron chi connectivity index (χ2n) is 5.62. The predicted molar refractivity (Wildman–Crippen MR) is 90.8 cm³/mol. The van der Waals surface area contributed by atoms with E-state index in [1.807, 2.05) is 24.3 Å². The molecule has 0 bridgehead atoms. The molecule has 3 aromatic rings. The maximum absolute atomic E-state index is 11.4. The second kappa shape index (κ2) is 5.79. The molecule has 1 aromatic heterocycles. The molecule has 24 heavy (non-hydrogen) atoms. The summed E-state index contributed by atoms with van der Waals surface area (Å²) in [5.41, 5.74) is 7.45. The lowest BCUT2D eigenvalue weighted by Gasteiger charge is -2.17. The fraction of sp³-hybridized carbons (Fsp3) is 0.0526. The Hall–Kier alpha value is -3.18. The standard InChI is InChI=1S/C19H15N3O2/c23-19(22-24)17-10-9-12(11-20-17)21-18-15-7-3-1-5-13(15)14-6-2-4-8-16(14)18/h1-11,18,21,24H,(H,22,23). The van der Waals surface area contributed by atoms with E-state index in [0.717, 1.165) is 5.69 Å². The summed E-state index contributed by atoms with van der Waals surface area (Å²) in [7, 11) is 0. The monoisotopic (exact) mass is 317 g/mol. The molecule has 0 fully saturated rings. The zero-order valence-electron chi connectivity index (χ0n) is 12.7. The average molecular weight is 317 g/mol. The van der Waals surface area contributed by atoms with Crippen LogP contribution < -0.4 is 10.8 Å². The first-order chi connectivity index (χ1) is 11.8. The summed E-state index contributed by atoms with van der Waals surface area (Å²) in [5, 5.41) is 12.1. The highest BCUT2D eigenvalue weighted by molar-refractivity contribution is 5.91. The minimum Gasteiger partial charge on any atom is -0.373 e. The van der Waals surface area contributed by atoms with Gasteiger partial charge in [-0.2, -0.15) is 0 Å². The number of fused-ring (bicyclic) bond motifs is 3. The van der Waals surface area contributed by atoms with E-state index in [9.17, 15) is 4.79 Å². The number of pyridine rings is 1. The van der Waals surface area contributed by atoms with Gasteiger partial charge in [-0.05, 0) is 34.4 Å². The third kappa shape index (κ3) is 2.31. The Morgan fingerprint density at radius 2 is 1.54 bits per heavy atom. The number of rotatable bonds is 3.